The lowest BCUT2D eigenvalue weighted by Gasteiger charge is -2.17. The second-order valence-electron chi connectivity index (χ2n) is 31.4. The van der Waals surface area contributed by atoms with E-state index in [1.807, 2.05) is 6.92 Å². The fraction of sp³-hybridized carbons (Fsp3) is 0.143. The van der Waals surface area contributed by atoms with Gasteiger partial charge in [-0.25, -0.2) is 0 Å². The van der Waals surface area contributed by atoms with Crippen molar-refractivity contribution in [1.82, 2.24) is 0 Å². The van der Waals surface area contributed by atoms with Crippen LogP contribution in [0, 0.1) is 42.8 Å². The van der Waals surface area contributed by atoms with Gasteiger partial charge in [0, 0.05) is 154 Å². The Bertz CT molecular complexity index is 7350. The number of hydrogen-bond acceptors (Lipinski definition) is 11. The minimum absolute atomic E-state index is 0.0582. The SMILES string of the molecule is CC(COc1c(I)cc(I)cc1I)Oc1ccc(-[s+]2c3ccccc3c3ccccc32)cc1.Ic1cc(I)c(OCCCOc2ccc(-[s+]3c4ccccc4c4ccccc43)cc2)c(I)c1.Ic1cc(I)c(OCCOCCOCCOc2ccc(-[s+]3c4ccccc4c4ccccc43)cc2)c(I)c1.Ic1cc(I)c(OCCOCCOc2ccc(-[s+]3c4ccccc4c4ccccc43)cc2)c(I)c1. The molecule has 0 radical (unpaired) electrons. The van der Waals surface area contributed by atoms with E-state index in [0.29, 0.717) is 85.9 Å². The third-order valence-corrected chi connectivity index (χ3v) is 40.3. The molecule has 0 aliphatic heterocycles. The van der Waals surface area contributed by atoms with Crippen LogP contribution in [-0.4, -0.2) is 92.0 Å². The zero-order valence-electron chi connectivity index (χ0n) is 74.5. The molecular formula is C112H88I12O11S4+4. The van der Waals surface area contributed by atoms with Crippen molar-refractivity contribution in [3.8, 4) is 65.6 Å². The molecule has 0 saturated carbocycles. The summed E-state index contributed by atoms with van der Waals surface area (Å²) in [5, 5.41) is 10.8. The van der Waals surface area contributed by atoms with Crippen LogP contribution >= 0.6 is 313 Å². The van der Waals surface area contributed by atoms with Crippen molar-refractivity contribution in [3.05, 3.63) is 383 Å². The predicted octanol–water partition coefficient (Wildman–Crippen LogP) is 36.8. The normalized spacial score (nSPS) is 11.5. The van der Waals surface area contributed by atoms with Crippen LogP contribution in [0.4, 0.5) is 0 Å². The molecule has 20 aromatic rings. The molecule has 1 unspecified atom stereocenters. The molecule has 1 atom stereocenters. The lowest BCUT2D eigenvalue weighted by molar-refractivity contribution is 0.0272. The van der Waals surface area contributed by atoms with Crippen LogP contribution in [0.25, 0.3) is 100 Å². The Hall–Kier alpha value is -4.56. The van der Waals surface area contributed by atoms with Crippen LogP contribution in [0.1, 0.15) is 13.3 Å². The fourth-order valence-corrected chi connectivity index (χ4v) is 41.0. The first kappa shape index (κ1) is 106. The number of ether oxygens (including phenoxy) is 11. The van der Waals surface area contributed by atoms with Gasteiger partial charge < -0.3 is 52.1 Å². The Morgan fingerprint density at radius 3 is 0.633 bits per heavy atom. The summed E-state index contributed by atoms with van der Waals surface area (Å²) >= 11 is 27.9. The first-order valence-electron chi connectivity index (χ1n) is 44.3. The van der Waals surface area contributed by atoms with Crippen LogP contribution < -0.4 is 37.9 Å². The number of thiophene rings is 4. The summed E-state index contributed by atoms with van der Waals surface area (Å²) < 4.78 is 90.0. The zero-order chi connectivity index (χ0) is 96.3. The van der Waals surface area contributed by atoms with E-state index in [1.165, 1.54) is 115 Å². The molecule has 16 aromatic carbocycles. The Morgan fingerprint density at radius 1 is 0.201 bits per heavy atom. The number of benzene rings is 16. The number of fused-ring (bicyclic) bond motifs is 12. The third kappa shape index (κ3) is 27.1. The van der Waals surface area contributed by atoms with E-state index in [-0.39, 0.29) is 48.0 Å². The van der Waals surface area contributed by atoms with Gasteiger partial charge in [-0.1, -0.05) is 97.1 Å². The summed E-state index contributed by atoms with van der Waals surface area (Å²) in [5.41, 5.74) is 0. The molecule has 0 aliphatic carbocycles. The van der Waals surface area contributed by atoms with Crippen molar-refractivity contribution in [1.29, 1.82) is 0 Å². The first-order chi connectivity index (χ1) is 67.9. The van der Waals surface area contributed by atoms with E-state index in [4.69, 9.17) is 52.1 Å². The average Bonchev–Trinajstić information content (AvgIpc) is 1.62. The van der Waals surface area contributed by atoms with Gasteiger partial charge >= 0.3 is 0 Å². The molecule has 139 heavy (non-hydrogen) atoms. The van der Waals surface area contributed by atoms with Gasteiger partial charge in [-0.3, -0.25) is 0 Å². The molecule has 0 bridgehead atoms. The minimum atomic E-state index is -0.0813. The molecule has 0 fully saturated rings. The molecular weight excluding hydrogens is 3170 g/mol. The molecule has 0 aliphatic rings. The summed E-state index contributed by atoms with van der Waals surface area (Å²) in [7, 11) is -0.300. The highest BCUT2D eigenvalue weighted by Gasteiger charge is 2.29. The number of hydrogen-bond donors (Lipinski definition) is 0. The molecule has 4 aromatic heterocycles. The number of halogens is 12. The second kappa shape index (κ2) is 52.4. The van der Waals surface area contributed by atoms with E-state index in [9.17, 15) is 0 Å². The van der Waals surface area contributed by atoms with Crippen molar-refractivity contribution in [2.75, 3.05) is 85.9 Å². The van der Waals surface area contributed by atoms with E-state index in [0.717, 1.165) is 81.0 Å². The maximum absolute atomic E-state index is 6.17. The highest BCUT2D eigenvalue weighted by atomic mass is 127. The van der Waals surface area contributed by atoms with Crippen LogP contribution in [0.3, 0.4) is 0 Å². The van der Waals surface area contributed by atoms with Crippen molar-refractivity contribution in [3.63, 3.8) is 0 Å². The highest BCUT2D eigenvalue weighted by Crippen LogP contribution is 2.53. The topological polar surface area (TPSA) is 102 Å². The van der Waals surface area contributed by atoms with E-state index in [2.05, 4.69) is 611 Å². The minimum Gasteiger partial charge on any atom is -0.493 e. The first-order valence-corrected chi connectivity index (χ1v) is 62.2. The van der Waals surface area contributed by atoms with Gasteiger partial charge in [0.15, 0.2) is 57.2 Å². The molecule has 20 rings (SSSR count). The molecule has 4 heterocycles. The zero-order valence-corrected chi connectivity index (χ0v) is 104. The van der Waals surface area contributed by atoms with Gasteiger partial charge in [0.05, 0.1) is 81.4 Å². The smallest absolute Gasteiger partial charge is 0.187 e. The predicted molar refractivity (Wildman–Crippen MR) is 685 cm³/mol. The molecule has 27 heteroatoms. The van der Waals surface area contributed by atoms with Gasteiger partial charge in [0.2, 0.25) is 0 Å². The monoisotopic (exact) mass is 3260 g/mol. The maximum atomic E-state index is 6.17. The molecule has 11 nitrogen and oxygen atoms in total. The van der Waals surface area contributed by atoms with E-state index < -0.39 is 0 Å². The molecule has 0 N–H and O–H groups in total. The molecule has 0 amide bonds. The summed E-state index contributed by atoms with van der Waals surface area (Å²) in [4.78, 5) is 5.25. The number of rotatable bonds is 34. The molecule has 0 spiro atoms. The molecule has 706 valence electrons. The van der Waals surface area contributed by atoms with Gasteiger partial charge in [0.25, 0.3) is 0 Å². The van der Waals surface area contributed by atoms with Crippen molar-refractivity contribution >= 4 is 394 Å². The summed E-state index contributed by atoms with van der Waals surface area (Å²) in [6.07, 6.45) is 0.780. The van der Waals surface area contributed by atoms with Crippen molar-refractivity contribution < 1.29 is 52.1 Å². The van der Waals surface area contributed by atoms with Crippen LogP contribution in [-0.2, 0) is 14.2 Å². The average molecular weight is 3260 g/mol. The fourth-order valence-electron chi connectivity index (χ4n) is 15.9. The van der Waals surface area contributed by atoms with Crippen LogP contribution in [0.2, 0.25) is 0 Å². The Kier molecular flexibility index (Phi) is 39.8. The maximum Gasteiger partial charge on any atom is 0.187 e. The van der Waals surface area contributed by atoms with Gasteiger partial charge in [-0.15, -0.1) is 0 Å². The Balaban J connectivity index is 0.000000128. The van der Waals surface area contributed by atoms with Gasteiger partial charge in [0.1, 0.15) is 85.1 Å². The van der Waals surface area contributed by atoms with Gasteiger partial charge in [-0.05, 0) is 472 Å². The largest absolute Gasteiger partial charge is 0.493 e. The third-order valence-electron chi connectivity index (χ3n) is 22.0. The Labute approximate surface area is 983 Å². The summed E-state index contributed by atoms with van der Waals surface area (Å²) in [5.74, 6) is 7.25. The van der Waals surface area contributed by atoms with Crippen LogP contribution in [0.5, 0.6) is 46.0 Å². The molecule has 0 saturated heterocycles. The highest BCUT2D eigenvalue weighted by molar-refractivity contribution is 14.1. The van der Waals surface area contributed by atoms with Crippen LogP contribution in [0.15, 0.2) is 340 Å². The lowest BCUT2D eigenvalue weighted by atomic mass is 10.2. The lowest BCUT2D eigenvalue weighted by Crippen LogP contribution is -2.21. The summed E-state index contributed by atoms with van der Waals surface area (Å²) in [6, 6.07) is 121. The second-order valence-corrected chi connectivity index (χ2v) is 53.5. The quantitative estimate of drug-likeness (QED) is 0.0219. The summed E-state index contributed by atoms with van der Waals surface area (Å²) in [6.45, 7) is 9.04. The van der Waals surface area contributed by atoms with Crippen molar-refractivity contribution in [2.24, 2.45) is 0 Å². The van der Waals surface area contributed by atoms with E-state index >= 15 is 0 Å². The van der Waals surface area contributed by atoms with Gasteiger partial charge in [-0.2, -0.15) is 0 Å². The van der Waals surface area contributed by atoms with Crippen molar-refractivity contribution in [2.45, 2.75) is 19.4 Å². The standard InChI is InChI=1S/C30H26I3O4S.C28H22I3O3S.2C27H20I3O2S/c31-21-19-26(32)30(27(33)20-21)37-18-16-35-14-13-34-15-17-36-22-9-11-23(12-10-22)38-28-7-3-1-5-24(28)25-6-2-4-8-29(25)38;29-19-17-24(30)28(25(31)18-19)34-16-14-32-13-15-33-20-9-11-21(12-10-20)35-26-7-3-1-5-22(26)23-6-2-4-8-27(23)35;1-17(16-31-27-23(29)14-18(28)15-24(27)30)32-19-10-12-20(13-11-19)33-25-8-4-2-6-21(25)22-7-3-5-9-26(22)33;28-18-16-23(29)27(24(30)17-18)32-15-5-14-31-19-10-12-20(13-11-19)33-25-8-3-1-6-21(25)22-7-2-4-9-26(22)33/h1-12,19-20H,13-18H2;1-12,17-18H,13-16H2;2-15,17H,16H2,1H3;1-4,6-13,16-17H,5,14-15H2/q4*+1. The van der Waals surface area contributed by atoms with E-state index in [1.54, 1.807) is 0 Å². The Morgan fingerprint density at radius 2 is 0.388 bits per heavy atom.